The number of ether oxygens (including phenoxy) is 1. The first-order valence-electron chi connectivity index (χ1n) is 7.37. The average Bonchev–Trinajstić information content (AvgIpc) is 2.46. The average molecular weight is 304 g/mol. The minimum Gasteiger partial charge on any atom is -0.494 e. The van der Waals surface area contributed by atoms with Gasteiger partial charge in [-0.05, 0) is 61.3 Å². The highest BCUT2D eigenvalue weighted by Gasteiger charge is 2.16. The van der Waals surface area contributed by atoms with E-state index in [2.05, 4.69) is 37.4 Å². The van der Waals surface area contributed by atoms with Gasteiger partial charge in [-0.1, -0.05) is 36.7 Å². The van der Waals surface area contributed by atoms with Crippen LogP contribution in [0, 0.1) is 6.92 Å². The number of aryl methyl sites for hydroxylation is 1. The van der Waals surface area contributed by atoms with Crippen molar-refractivity contribution in [1.82, 2.24) is 5.32 Å². The van der Waals surface area contributed by atoms with E-state index in [0.717, 1.165) is 17.3 Å². The van der Waals surface area contributed by atoms with Crippen LogP contribution in [-0.4, -0.2) is 13.2 Å². The molecule has 0 spiro atoms. The Kier molecular flexibility index (Phi) is 5.66. The predicted octanol–water partition coefficient (Wildman–Crippen LogP) is 4.75. The van der Waals surface area contributed by atoms with Crippen LogP contribution in [0.5, 0.6) is 5.75 Å². The van der Waals surface area contributed by atoms with Crippen LogP contribution in [0.3, 0.4) is 0 Å². The van der Waals surface area contributed by atoms with E-state index in [4.69, 9.17) is 16.3 Å². The van der Waals surface area contributed by atoms with Crippen molar-refractivity contribution in [2.75, 3.05) is 13.2 Å². The first-order valence-corrected chi connectivity index (χ1v) is 7.75. The summed E-state index contributed by atoms with van der Waals surface area (Å²) in [4.78, 5) is 0. The molecule has 2 nitrogen and oxygen atoms in total. The SMILES string of the molecule is CCNC(c1cccc(OCC)c1)c1ccc(Cl)cc1C. The molecule has 1 N–H and O–H groups in total. The van der Waals surface area contributed by atoms with Gasteiger partial charge in [0.1, 0.15) is 5.75 Å². The third kappa shape index (κ3) is 3.99. The Morgan fingerprint density at radius 1 is 1.14 bits per heavy atom. The summed E-state index contributed by atoms with van der Waals surface area (Å²) >= 11 is 6.07. The summed E-state index contributed by atoms with van der Waals surface area (Å²) in [5.74, 6) is 0.907. The Morgan fingerprint density at radius 3 is 2.62 bits per heavy atom. The quantitative estimate of drug-likeness (QED) is 0.832. The summed E-state index contributed by atoms with van der Waals surface area (Å²) in [5.41, 5.74) is 3.64. The summed E-state index contributed by atoms with van der Waals surface area (Å²) in [6, 6.07) is 14.5. The zero-order chi connectivity index (χ0) is 15.2. The molecule has 0 radical (unpaired) electrons. The van der Waals surface area contributed by atoms with Crippen molar-refractivity contribution in [3.63, 3.8) is 0 Å². The largest absolute Gasteiger partial charge is 0.494 e. The first kappa shape index (κ1) is 15.9. The van der Waals surface area contributed by atoms with Crippen molar-refractivity contribution in [3.05, 3.63) is 64.2 Å². The Balaban J connectivity index is 2.40. The molecule has 3 heteroatoms. The number of rotatable bonds is 6. The minimum absolute atomic E-state index is 0.146. The van der Waals surface area contributed by atoms with E-state index in [-0.39, 0.29) is 6.04 Å². The van der Waals surface area contributed by atoms with Crippen LogP contribution in [0.15, 0.2) is 42.5 Å². The van der Waals surface area contributed by atoms with Gasteiger partial charge in [0.2, 0.25) is 0 Å². The molecule has 0 aliphatic carbocycles. The zero-order valence-electron chi connectivity index (χ0n) is 12.8. The molecule has 0 amide bonds. The number of hydrogen-bond donors (Lipinski definition) is 1. The Morgan fingerprint density at radius 2 is 1.95 bits per heavy atom. The molecular weight excluding hydrogens is 282 g/mol. The lowest BCUT2D eigenvalue weighted by molar-refractivity contribution is 0.339. The van der Waals surface area contributed by atoms with Crippen LogP contribution in [-0.2, 0) is 0 Å². The minimum atomic E-state index is 0.146. The summed E-state index contributed by atoms with van der Waals surface area (Å²) in [5, 5.41) is 4.32. The van der Waals surface area contributed by atoms with Gasteiger partial charge in [0.15, 0.2) is 0 Å². The molecule has 0 saturated heterocycles. The normalized spacial score (nSPS) is 12.2. The lowest BCUT2D eigenvalue weighted by Gasteiger charge is -2.21. The van der Waals surface area contributed by atoms with E-state index in [1.54, 1.807) is 0 Å². The van der Waals surface area contributed by atoms with E-state index in [9.17, 15) is 0 Å². The van der Waals surface area contributed by atoms with E-state index in [0.29, 0.717) is 6.61 Å². The summed E-state index contributed by atoms with van der Waals surface area (Å²) < 4.78 is 5.61. The molecule has 112 valence electrons. The summed E-state index contributed by atoms with van der Waals surface area (Å²) in [7, 11) is 0. The molecule has 1 unspecified atom stereocenters. The topological polar surface area (TPSA) is 21.3 Å². The molecule has 1 atom stereocenters. The van der Waals surface area contributed by atoms with E-state index < -0.39 is 0 Å². The smallest absolute Gasteiger partial charge is 0.119 e. The molecule has 0 bridgehead atoms. The second-order valence-corrected chi connectivity index (χ2v) is 5.43. The lowest BCUT2D eigenvalue weighted by Crippen LogP contribution is -2.22. The van der Waals surface area contributed by atoms with Gasteiger partial charge in [0, 0.05) is 5.02 Å². The molecule has 0 fully saturated rings. The highest BCUT2D eigenvalue weighted by molar-refractivity contribution is 6.30. The van der Waals surface area contributed by atoms with Crippen LogP contribution >= 0.6 is 11.6 Å². The molecular formula is C18H22ClNO. The third-order valence-corrected chi connectivity index (χ3v) is 3.69. The van der Waals surface area contributed by atoms with Crippen LogP contribution < -0.4 is 10.1 Å². The van der Waals surface area contributed by atoms with Crippen molar-refractivity contribution in [2.24, 2.45) is 0 Å². The molecule has 0 aliphatic heterocycles. The van der Waals surface area contributed by atoms with Crippen LogP contribution in [0.1, 0.15) is 36.6 Å². The van der Waals surface area contributed by atoms with Gasteiger partial charge in [-0.15, -0.1) is 0 Å². The summed E-state index contributed by atoms with van der Waals surface area (Å²) in [6.45, 7) is 7.78. The van der Waals surface area contributed by atoms with Crippen molar-refractivity contribution >= 4 is 11.6 Å². The lowest BCUT2D eigenvalue weighted by atomic mass is 9.95. The highest BCUT2D eigenvalue weighted by atomic mass is 35.5. The van der Waals surface area contributed by atoms with Gasteiger partial charge in [-0.3, -0.25) is 0 Å². The zero-order valence-corrected chi connectivity index (χ0v) is 13.6. The molecule has 0 aliphatic rings. The molecule has 0 heterocycles. The fourth-order valence-corrected chi connectivity index (χ4v) is 2.75. The number of nitrogens with one attached hydrogen (secondary N) is 1. The second kappa shape index (κ2) is 7.48. The summed E-state index contributed by atoms with van der Waals surface area (Å²) in [6.07, 6.45) is 0. The van der Waals surface area contributed by atoms with Gasteiger partial charge in [0.25, 0.3) is 0 Å². The maximum Gasteiger partial charge on any atom is 0.119 e. The maximum atomic E-state index is 6.07. The van der Waals surface area contributed by atoms with Crippen molar-refractivity contribution in [2.45, 2.75) is 26.8 Å². The van der Waals surface area contributed by atoms with Gasteiger partial charge in [-0.2, -0.15) is 0 Å². The maximum absolute atomic E-state index is 6.07. The number of hydrogen-bond acceptors (Lipinski definition) is 2. The Hall–Kier alpha value is -1.51. The fraction of sp³-hybridized carbons (Fsp3) is 0.333. The van der Waals surface area contributed by atoms with Crippen LogP contribution in [0.4, 0.5) is 0 Å². The van der Waals surface area contributed by atoms with Gasteiger partial charge in [0.05, 0.1) is 12.6 Å². The molecule has 2 aromatic carbocycles. The van der Waals surface area contributed by atoms with Gasteiger partial charge < -0.3 is 10.1 Å². The monoisotopic (exact) mass is 303 g/mol. The Bertz CT molecular complexity index is 598. The van der Waals surface area contributed by atoms with E-state index >= 15 is 0 Å². The second-order valence-electron chi connectivity index (χ2n) is 5.00. The van der Waals surface area contributed by atoms with Crippen molar-refractivity contribution in [3.8, 4) is 5.75 Å². The standard InChI is InChI=1S/C18H22ClNO/c1-4-20-18(17-10-9-15(19)11-13(17)3)14-7-6-8-16(12-14)21-5-2/h6-12,18,20H,4-5H2,1-3H3. The van der Waals surface area contributed by atoms with E-state index in [1.165, 1.54) is 16.7 Å². The predicted molar refractivity (Wildman–Crippen MR) is 89.3 cm³/mol. The third-order valence-electron chi connectivity index (χ3n) is 3.45. The van der Waals surface area contributed by atoms with Crippen molar-refractivity contribution in [1.29, 1.82) is 0 Å². The van der Waals surface area contributed by atoms with Crippen LogP contribution in [0.25, 0.3) is 0 Å². The highest BCUT2D eigenvalue weighted by Crippen LogP contribution is 2.28. The number of benzene rings is 2. The molecule has 0 aromatic heterocycles. The molecule has 0 saturated carbocycles. The molecule has 2 aromatic rings. The van der Waals surface area contributed by atoms with E-state index in [1.807, 2.05) is 31.2 Å². The molecule has 2 rings (SSSR count). The number of halogens is 1. The molecule has 21 heavy (non-hydrogen) atoms. The van der Waals surface area contributed by atoms with Gasteiger partial charge >= 0.3 is 0 Å². The van der Waals surface area contributed by atoms with Crippen molar-refractivity contribution < 1.29 is 4.74 Å². The fourth-order valence-electron chi connectivity index (χ4n) is 2.53. The Labute approximate surface area is 132 Å². The van der Waals surface area contributed by atoms with Crippen LogP contribution in [0.2, 0.25) is 5.02 Å². The van der Waals surface area contributed by atoms with Gasteiger partial charge in [-0.25, -0.2) is 0 Å². The first-order chi connectivity index (χ1) is 10.2.